The van der Waals surface area contributed by atoms with Crippen molar-refractivity contribution < 1.29 is 14.5 Å². The van der Waals surface area contributed by atoms with Crippen molar-refractivity contribution in [3.8, 4) is 0 Å². The van der Waals surface area contributed by atoms with Crippen LogP contribution in [0.15, 0.2) is 54.7 Å². The standard InChI is InChI=1S/C19H15N3O4S/c1-27-17(18(23)20-19(27)24)15-3-2-4-16-14(15)9-10-21(16)11-12-5-7-13(8-6-12)22(25)26/h2-10,17H,1,11H2,(H,20,23,24). The normalized spacial score (nSPS) is 19.4. The van der Waals surface area contributed by atoms with Crippen molar-refractivity contribution in [2.24, 2.45) is 0 Å². The summed E-state index contributed by atoms with van der Waals surface area (Å²) in [6.07, 6.45) is 1.91. The largest absolute Gasteiger partial charge is 0.343 e. The van der Waals surface area contributed by atoms with Crippen molar-refractivity contribution in [3.05, 3.63) is 76.0 Å². The zero-order valence-electron chi connectivity index (χ0n) is 14.1. The van der Waals surface area contributed by atoms with Gasteiger partial charge in [0, 0.05) is 35.8 Å². The van der Waals surface area contributed by atoms with Crippen LogP contribution in [0.2, 0.25) is 0 Å². The Labute approximate surface area is 156 Å². The molecule has 1 aromatic heterocycles. The Bertz CT molecular complexity index is 1120. The van der Waals surface area contributed by atoms with Gasteiger partial charge in [0.15, 0.2) is 0 Å². The van der Waals surface area contributed by atoms with E-state index in [4.69, 9.17) is 0 Å². The van der Waals surface area contributed by atoms with Gasteiger partial charge >= 0.3 is 0 Å². The van der Waals surface area contributed by atoms with Gasteiger partial charge in [-0.1, -0.05) is 40.6 Å². The Balaban J connectivity index is 1.70. The van der Waals surface area contributed by atoms with E-state index in [1.165, 1.54) is 12.1 Å². The van der Waals surface area contributed by atoms with Gasteiger partial charge in [0.2, 0.25) is 5.91 Å². The number of nitrogens with zero attached hydrogens (tertiary/aromatic N) is 2. The predicted octanol–water partition coefficient (Wildman–Crippen LogP) is 3.59. The minimum atomic E-state index is -0.951. The molecule has 1 fully saturated rings. The Morgan fingerprint density at radius 3 is 2.52 bits per heavy atom. The van der Waals surface area contributed by atoms with Crippen molar-refractivity contribution in [2.45, 2.75) is 11.8 Å². The number of fused-ring (bicyclic) bond motifs is 1. The van der Waals surface area contributed by atoms with Gasteiger partial charge in [-0.15, -0.1) is 0 Å². The molecule has 0 aliphatic carbocycles. The number of nitro benzene ring substituents is 1. The molecule has 2 amide bonds. The Morgan fingerprint density at radius 2 is 1.89 bits per heavy atom. The van der Waals surface area contributed by atoms with Gasteiger partial charge in [-0.3, -0.25) is 25.0 Å². The van der Waals surface area contributed by atoms with E-state index in [1.54, 1.807) is 12.1 Å². The lowest BCUT2D eigenvalue weighted by molar-refractivity contribution is -0.384. The summed E-state index contributed by atoms with van der Waals surface area (Å²) in [5.41, 5.74) is 2.69. The second-order valence-corrected chi connectivity index (χ2v) is 7.93. The number of benzene rings is 2. The summed E-state index contributed by atoms with van der Waals surface area (Å²) in [6, 6.07) is 14.0. The van der Waals surface area contributed by atoms with Crippen LogP contribution in [-0.2, 0) is 11.3 Å². The van der Waals surface area contributed by atoms with Crippen LogP contribution in [0.4, 0.5) is 10.5 Å². The van der Waals surface area contributed by atoms with Crippen molar-refractivity contribution in [3.63, 3.8) is 0 Å². The number of nitro groups is 1. The Hall–Kier alpha value is -3.26. The molecule has 0 radical (unpaired) electrons. The maximum atomic E-state index is 12.2. The van der Waals surface area contributed by atoms with Crippen LogP contribution >= 0.6 is 10.5 Å². The van der Waals surface area contributed by atoms with Gasteiger partial charge in [-0.25, -0.2) is 0 Å². The summed E-state index contributed by atoms with van der Waals surface area (Å²) in [5.74, 6) is 3.55. The summed E-state index contributed by atoms with van der Waals surface area (Å²) in [6.45, 7) is 0.539. The number of imide groups is 1. The van der Waals surface area contributed by atoms with E-state index < -0.39 is 20.7 Å². The first kappa shape index (κ1) is 17.2. The minimum Gasteiger partial charge on any atom is -0.343 e. The molecule has 7 nitrogen and oxygen atoms in total. The third-order valence-electron chi connectivity index (χ3n) is 4.62. The molecule has 4 rings (SSSR count). The van der Waals surface area contributed by atoms with E-state index in [-0.39, 0.29) is 16.8 Å². The molecular formula is C19H15N3O4S. The van der Waals surface area contributed by atoms with E-state index in [2.05, 4.69) is 11.2 Å². The fourth-order valence-electron chi connectivity index (χ4n) is 3.30. The zero-order valence-corrected chi connectivity index (χ0v) is 14.9. The molecule has 8 heteroatoms. The summed E-state index contributed by atoms with van der Waals surface area (Å²) in [4.78, 5) is 34.3. The molecule has 1 N–H and O–H groups in total. The third kappa shape index (κ3) is 2.93. The third-order valence-corrected chi connectivity index (χ3v) is 6.23. The monoisotopic (exact) mass is 381 g/mol. The summed E-state index contributed by atoms with van der Waals surface area (Å²) < 4.78 is 2.01. The molecule has 2 unspecified atom stereocenters. The van der Waals surface area contributed by atoms with Gasteiger partial charge in [-0.2, -0.15) is 0 Å². The highest BCUT2D eigenvalue weighted by atomic mass is 32.2. The van der Waals surface area contributed by atoms with Crippen LogP contribution < -0.4 is 5.32 Å². The number of non-ortho nitro benzene ring substituents is 1. The molecule has 136 valence electrons. The van der Waals surface area contributed by atoms with Crippen LogP contribution in [0.1, 0.15) is 16.4 Å². The highest BCUT2D eigenvalue weighted by molar-refractivity contribution is 8.28. The fraction of sp³-hybridized carbons (Fsp3) is 0.105. The van der Waals surface area contributed by atoms with E-state index in [0.29, 0.717) is 6.54 Å². The molecule has 3 aromatic rings. The topological polar surface area (TPSA) is 94.2 Å². The van der Waals surface area contributed by atoms with Gasteiger partial charge < -0.3 is 4.57 Å². The smallest absolute Gasteiger partial charge is 0.280 e. The van der Waals surface area contributed by atoms with E-state index in [9.17, 15) is 19.7 Å². The molecule has 27 heavy (non-hydrogen) atoms. The van der Waals surface area contributed by atoms with Crippen molar-refractivity contribution in [1.82, 2.24) is 9.88 Å². The second-order valence-electron chi connectivity index (χ2n) is 6.23. The highest BCUT2D eigenvalue weighted by Crippen LogP contribution is 2.42. The molecule has 1 saturated heterocycles. The zero-order chi connectivity index (χ0) is 19.1. The molecule has 1 aliphatic heterocycles. The number of aromatic nitrogens is 1. The van der Waals surface area contributed by atoms with Crippen LogP contribution in [0.25, 0.3) is 10.9 Å². The molecule has 0 bridgehead atoms. The van der Waals surface area contributed by atoms with Crippen LogP contribution in [0, 0.1) is 10.1 Å². The van der Waals surface area contributed by atoms with Crippen molar-refractivity contribution >= 4 is 44.1 Å². The quantitative estimate of drug-likeness (QED) is 0.424. The van der Waals surface area contributed by atoms with E-state index >= 15 is 0 Å². The Morgan fingerprint density at radius 1 is 1.15 bits per heavy atom. The Kier molecular flexibility index (Phi) is 4.12. The summed E-state index contributed by atoms with van der Waals surface area (Å²) in [7, 11) is -0.951. The number of hydrogen-bond donors (Lipinski definition) is 1. The van der Waals surface area contributed by atoms with Crippen LogP contribution in [0.3, 0.4) is 0 Å². The van der Waals surface area contributed by atoms with Gasteiger partial charge in [0.05, 0.1) is 4.92 Å². The molecule has 2 atom stereocenters. The van der Waals surface area contributed by atoms with Crippen LogP contribution in [-0.4, -0.2) is 26.5 Å². The molecule has 0 saturated carbocycles. The first-order chi connectivity index (χ1) is 13.0. The number of nitrogens with one attached hydrogen (secondary N) is 1. The summed E-state index contributed by atoms with van der Waals surface area (Å²) in [5, 5.41) is 13.1. The summed E-state index contributed by atoms with van der Waals surface area (Å²) >= 11 is 0. The first-order valence-electron chi connectivity index (χ1n) is 8.14. The first-order valence-corrected chi connectivity index (χ1v) is 9.60. The predicted molar refractivity (Wildman–Crippen MR) is 105 cm³/mol. The highest BCUT2D eigenvalue weighted by Gasteiger charge is 2.36. The molecular weight excluding hydrogens is 366 g/mol. The number of carbonyl (C=O) groups excluding carboxylic acids is 2. The molecule has 2 aromatic carbocycles. The molecule has 1 aliphatic rings. The lowest BCUT2D eigenvalue weighted by atomic mass is 10.1. The average molecular weight is 381 g/mol. The SMILES string of the molecule is C=S1C(=O)NC(=O)C1c1cccc2c1ccn2Cc1ccc([N+](=O)[O-])cc1. The lowest BCUT2D eigenvalue weighted by Crippen LogP contribution is -2.20. The number of hydrogen-bond acceptors (Lipinski definition) is 4. The van der Waals surface area contributed by atoms with Gasteiger partial charge in [0.25, 0.3) is 10.9 Å². The second kappa shape index (κ2) is 6.48. The maximum absolute atomic E-state index is 12.2. The van der Waals surface area contributed by atoms with E-state index in [1.807, 2.05) is 35.0 Å². The van der Waals surface area contributed by atoms with E-state index in [0.717, 1.165) is 22.0 Å². The average Bonchev–Trinajstić information content (AvgIpc) is 3.16. The van der Waals surface area contributed by atoms with Gasteiger partial charge in [-0.05, 0) is 23.3 Å². The number of rotatable bonds is 4. The molecule has 2 heterocycles. The fourth-order valence-corrected chi connectivity index (χ4v) is 4.57. The molecule has 0 spiro atoms. The minimum absolute atomic E-state index is 0.0535. The van der Waals surface area contributed by atoms with Crippen LogP contribution in [0.5, 0.6) is 0 Å². The number of amides is 2. The maximum Gasteiger partial charge on any atom is 0.280 e. The van der Waals surface area contributed by atoms with Crippen molar-refractivity contribution in [2.75, 3.05) is 0 Å². The van der Waals surface area contributed by atoms with Crippen molar-refractivity contribution in [1.29, 1.82) is 0 Å². The van der Waals surface area contributed by atoms with Gasteiger partial charge in [0.1, 0.15) is 5.25 Å². The number of carbonyl (C=O) groups is 2. The lowest BCUT2D eigenvalue weighted by Gasteiger charge is -2.11.